The van der Waals surface area contributed by atoms with Gasteiger partial charge in [-0.15, -0.1) is 0 Å². The highest BCUT2D eigenvalue weighted by Crippen LogP contribution is 2.23. The summed E-state index contributed by atoms with van der Waals surface area (Å²) in [6.45, 7) is 0. The van der Waals surface area contributed by atoms with Crippen LogP contribution >= 0.6 is 15.9 Å². The summed E-state index contributed by atoms with van der Waals surface area (Å²) in [5, 5.41) is 21.0. The van der Waals surface area contributed by atoms with Gasteiger partial charge in [-0.3, -0.25) is 4.79 Å². The molecule has 0 aromatic heterocycles. The van der Waals surface area contributed by atoms with Gasteiger partial charge in [0.05, 0.1) is 16.8 Å². The summed E-state index contributed by atoms with van der Waals surface area (Å²) in [7, 11) is 0. The zero-order valence-corrected chi connectivity index (χ0v) is 11.6. The molecule has 2 aromatic carbocycles. The molecule has 0 aliphatic carbocycles. The molecular formula is C14H8BrFN2O2. The molecule has 2 rings (SSSR count). The maximum atomic E-state index is 13.1. The number of carbonyl (C=O) groups excluding carboxylic acids is 1. The Hall–Kier alpha value is -2.39. The van der Waals surface area contributed by atoms with Crippen molar-refractivity contribution in [3.8, 4) is 11.8 Å². The van der Waals surface area contributed by atoms with Crippen molar-refractivity contribution in [2.45, 2.75) is 0 Å². The van der Waals surface area contributed by atoms with Crippen molar-refractivity contribution in [2.24, 2.45) is 0 Å². The predicted octanol–water partition coefficient (Wildman–Crippen LogP) is 3.42. The molecule has 20 heavy (non-hydrogen) atoms. The van der Waals surface area contributed by atoms with Gasteiger partial charge in [-0.1, -0.05) is 15.9 Å². The Bertz CT molecular complexity index is 726. The van der Waals surface area contributed by atoms with Gasteiger partial charge in [-0.05, 0) is 36.4 Å². The van der Waals surface area contributed by atoms with Crippen molar-refractivity contribution < 1.29 is 14.3 Å². The van der Waals surface area contributed by atoms with E-state index in [2.05, 4.69) is 21.2 Å². The second-order valence-electron chi connectivity index (χ2n) is 3.92. The van der Waals surface area contributed by atoms with E-state index in [1.54, 1.807) is 12.1 Å². The van der Waals surface area contributed by atoms with Crippen LogP contribution in [-0.4, -0.2) is 11.0 Å². The van der Waals surface area contributed by atoms with Crippen LogP contribution in [0.1, 0.15) is 15.9 Å². The Morgan fingerprint density at radius 1 is 1.30 bits per heavy atom. The highest BCUT2D eigenvalue weighted by Gasteiger charge is 2.14. The fourth-order valence-corrected chi connectivity index (χ4v) is 1.96. The van der Waals surface area contributed by atoms with E-state index >= 15 is 0 Å². The van der Waals surface area contributed by atoms with Crippen LogP contribution in [0.15, 0.2) is 40.9 Å². The molecule has 0 unspecified atom stereocenters. The molecule has 0 atom stereocenters. The van der Waals surface area contributed by atoms with Gasteiger partial charge in [-0.25, -0.2) is 4.39 Å². The minimum Gasteiger partial charge on any atom is -0.507 e. The normalized spacial score (nSPS) is 9.85. The molecule has 0 saturated carbocycles. The van der Waals surface area contributed by atoms with Gasteiger partial charge in [0, 0.05) is 4.47 Å². The van der Waals surface area contributed by atoms with E-state index in [4.69, 9.17) is 5.26 Å². The van der Waals surface area contributed by atoms with Crippen molar-refractivity contribution in [1.29, 1.82) is 5.26 Å². The number of nitrogens with zero attached hydrogens (tertiary/aromatic N) is 1. The number of phenolic OH excluding ortho intramolecular Hbond substituents is 1. The van der Waals surface area contributed by atoms with Crippen LogP contribution in [0.25, 0.3) is 0 Å². The molecule has 0 aliphatic rings. The summed E-state index contributed by atoms with van der Waals surface area (Å²) in [4.78, 5) is 12.0. The summed E-state index contributed by atoms with van der Waals surface area (Å²) >= 11 is 3.22. The first-order valence-corrected chi connectivity index (χ1v) is 6.30. The summed E-state index contributed by atoms with van der Waals surface area (Å²) in [5.41, 5.74) is 0.338. The highest BCUT2D eigenvalue weighted by atomic mass is 79.9. The molecule has 0 bridgehead atoms. The molecule has 2 N–H and O–H groups in total. The lowest BCUT2D eigenvalue weighted by Gasteiger charge is -2.08. The van der Waals surface area contributed by atoms with Gasteiger partial charge in [0.2, 0.25) is 0 Å². The molecule has 0 aliphatic heterocycles. The molecule has 0 saturated heterocycles. The van der Waals surface area contributed by atoms with Crippen LogP contribution < -0.4 is 5.32 Å². The lowest BCUT2D eigenvalue weighted by molar-refractivity contribution is 0.102. The average molecular weight is 335 g/mol. The average Bonchev–Trinajstić information content (AvgIpc) is 2.43. The number of benzene rings is 2. The highest BCUT2D eigenvalue weighted by molar-refractivity contribution is 9.10. The van der Waals surface area contributed by atoms with E-state index in [1.165, 1.54) is 6.07 Å². The van der Waals surface area contributed by atoms with Gasteiger partial charge in [0.25, 0.3) is 5.91 Å². The third-order valence-corrected chi connectivity index (χ3v) is 3.05. The Balaban J connectivity index is 2.33. The number of rotatable bonds is 2. The topological polar surface area (TPSA) is 73.1 Å². The summed E-state index contributed by atoms with van der Waals surface area (Å²) in [6.07, 6.45) is 0. The quantitative estimate of drug-likeness (QED) is 0.883. The van der Waals surface area contributed by atoms with Crippen molar-refractivity contribution in [3.63, 3.8) is 0 Å². The molecule has 0 fully saturated rings. The number of nitriles is 1. The molecule has 100 valence electrons. The number of hydrogen-bond acceptors (Lipinski definition) is 3. The fourth-order valence-electron chi connectivity index (χ4n) is 1.60. The maximum Gasteiger partial charge on any atom is 0.259 e. The molecule has 0 spiro atoms. The number of aromatic hydroxyl groups is 1. The first-order valence-electron chi connectivity index (χ1n) is 5.51. The van der Waals surface area contributed by atoms with Gasteiger partial charge < -0.3 is 10.4 Å². The van der Waals surface area contributed by atoms with Gasteiger partial charge in [0.1, 0.15) is 17.6 Å². The van der Waals surface area contributed by atoms with E-state index in [-0.39, 0.29) is 22.6 Å². The molecule has 2 aromatic rings. The number of amides is 1. The number of nitrogens with one attached hydrogen (secondary N) is 1. The minimum atomic E-state index is -0.694. The van der Waals surface area contributed by atoms with Crippen LogP contribution in [0.4, 0.5) is 10.1 Å². The number of carbonyl (C=O) groups is 1. The van der Waals surface area contributed by atoms with Crippen LogP contribution in [0.2, 0.25) is 0 Å². The fraction of sp³-hybridized carbons (Fsp3) is 0. The van der Waals surface area contributed by atoms with Crippen molar-refractivity contribution in [3.05, 3.63) is 57.8 Å². The predicted molar refractivity (Wildman–Crippen MR) is 74.9 cm³/mol. The lowest BCUT2D eigenvalue weighted by atomic mass is 10.1. The molecule has 0 radical (unpaired) electrons. The lowest BCUT2D eigenvalue weighted by Crippen LogP contribution is -2.13. The number of hydrogen-bond donors (Lipinski definition) is 2. The minimum absolute atomic E-state index is 0.197. The number of anilines is 1. The van der Waals surface area contributed by atoms with Crippen molar-refractivity contribution >= 4 is 27.5 Å². The number of phenols is 1. The first kappa shape index (κ1) is 14.0. The van der Waals surface area contributed by atoms with Gasteiger partial charge in [-0.2, -0.15) is 5.26 Å². The zero-order valence-electron chi connectivity index (χ0n) is 10.0. The zero-order chi connectivity index (χ0) is 14.7. The second kappa shape index (κ2) is 5.72. The van der Waals surface area contributed by atoms with E-state index in [0.29, 0.717) is 4.47 Å². The van der Waals surface area contributed by atoms with Crippen LogP contribution in [0, 0.1) is 17.1 Å². The van der Waals surface area contributed by atoms with E-state index in [0.717, 1.165) is 18.2 Å². The van der Waals surface area contributed by atoms with Gasteiger partial charge in [0.15, 0.2) is 0 Å². The third-order valence-electron chi connectivity index (χ3n) is 2.55. The summed E-state index contributed by atoms with van der Waals surface area (Å²) < 4.78 is 13.8. The van der Waals surface area contributed by atoms with Crippen LogP contribution in [-0.2, 0) is 0 Å². The van der Waals surface area contributed by atoms with Crippen LogP contribution in [0.3, 0.4) is 0 Å². The van der Waals surface area contributed by atoms with Crippen LogP contribution in [0.5, 0.6) is 5.75 Å². The maximum absolute atomic E-state index is 13.1. The SMILES string of the molecule is N#Cc1cc(Br)ccc1NC(=O)c1cc(F)ccc1O. The Morgan fingerprint density at radius 3 is 2.75 bits per heavy atom. The standard InChI is InChI=1S/C14H8BrFN2O2/c15-9-1-3-12(8(5-9)7-17)18-14(20)11-6-10(16)2-4-13(11)19/h1-6,19H,(H,18,20). The molecule has 4 nitrogen and oxygen atoms in total. The smallest absolute Gasteiger partial charge is 0.259 e. The van der Waals surface area contributed by atoms with E-state index in [1.807, 2.05) is 6.07 Å². The van der Waals surface area contributed by atoms with Gasteiger partial charge >= 0.3 is 0 Å². The Kier molecular flexibility index (Phi) is 4.01. The summed E-state index contributed by atoms with van der Waals surface area (Å²) in [6, 6.07) is 9.74. The Labute approximate surface area is 122 Å². The number of halogens is 2. The molecule has 6 heteroatoms. The Morgan fingerprint density at radius 2 is 2.05 bits per heavy atom. The third kappa shape index (κ3) is 2.95. The molecule has 0 heterocycles. The first-order chi connectivity index (χ1) is 9.51. The molecular weight excluding hydrogens is 327 g/mol. The largest absolute Gasteiger partial charge is 0.507 e. The van der Waals surface area contributed by atoms with E-state index in [9.17, 15) is 14.3 Å². The van der Waals surface area contributed by atoms with Crippen molar-refractivity contribution in [1.82, 2.24) is 0 Å². The monoisotopic (exact) mass is 334 g/mol. The molecule has 1 amide bonds. The second-order valence-corrected chi connectivity index (χ2v) is 4.83. The van der Waals surface area contributed by atoms with Crippen molar-refractivity contribution in [2.75, 3.05) is 5.32 Å². The summed E-state index contributed by atoms with van der Waals surface area (Å²) in [5.74, 6) is -1.66. The van der Waals surface area contributed by atoms with E-state index < -0.39 is 11.7 Å².